The Hall–Kier alpha value is -0.920. The van der Waals surface area contributed by atoms with Crippen molar-refractivity contribution in [2.45, 2.75) is 18.1 Å². The summed E-state index contributed by atoms with van der Waals surface area (Å²) in [5, 5.41) is 11.9. The van der Waals surface area contributed by atoms with Gasteiger partial charge in [0.15, 0.2) is 5.03 Å². The zero-order chi connectivity index (χ0) is 9.47. The summed E-state index contributed by atoms with van der Waals surface area (Å²) in [4.78, 5) is 0. The molecule has 7 heteroatoms. The van der Waals surface area contributed by atoms with Gasteiger partial charge in [0.2, 0.25) is 0 Å². The fraction of sp³-hybridized carbons (Fsp3) is 0.500. The molecule has 0 unspecified atom stereocenters. The van der Waals surface area contributed by atoms with E-state index in [1.807, 2.05) is 0 Å². The van der Waals surface area contributed by atoms with Gasteiger partial charge >= 0.3 is 0 Å². The molecule has 2 rings (SSSR count). The average molecular weight is 202 g/mol. The van der Waals surface area contributed by atoms with Crippen molar-refractivity contribution in [2.24, 2.45) is 5.14 Å². The quantitative estimate of drug-likeness (QED) is 0.588. The Morgan fingerprint density at radius 2 is 2.38 bits per heavy atom. The fourth-order valence-corrected chi connectivity index (χ4v) is 1.82. The van der Waals surface area contributed by atoms with Crippen molar-refractivity contribution >= 4 is 10.0 Å². The Morgan fingerprint density at radius 1 is 1.62 bits per heavy atom. The summed E-state index contributed by atoms with van der Waals surface area (Å²) in [6.45, 7) is 2.13. The Morgan fingerprint density at radius 3 is 3.00 bits per heavy atom. The van der Waals surface area contributed by atoms with E-state index in [0.29, 0.717) is 13.1 Å². The van der Waals surface area contributed by atoms with Crippen LogP contribution >= 0.6 is 0 Å². The van der Waals surface area contributed by atoms with Crippen LogP contribution in [0.5, 0.6) is 0 Å². The van der Waals surface area contributed by atoms with Gasteiger partial charge in [-0.05, 0) is 0 Å². The summed E-state index contributed by atoms with van der Waals surface area (Å²) in [6.07, 6.45) is 0. The van der Waals surface area contributed by atoms with Crippen LogP contribution in [0, 0.1) is 0 Å². The highest BCUT2D eigenvalue weighted by atomic mass is 32.2. The van der Waals surface area contributed by atoms with Crippen molar-refractivity contribution < 1.29 is 8.42 Å². The third-order valence-corrected chi connectivity index (χ3v) is 2.72. The zero-order valence-electron chi connectivity index (χ0n) is 6.90. The average Bonchev–Trinajstić information content (AvgIpc) is 2.45. The molecule has 0 fully saturated rings. The topological polar surface area (TPSA) is 90.0 Å². The van der Waals surface area contributed by atoms with Crippen molar-refractivity contribution in [1.82, 2.24) is 15.1 Å². The van der Waals surface area contributed by atoms with Crippen LogP contribution in [0.25, 0.3) is 0 Å². The molecule has 0 aromatic carbocycles. The van der Waals surface area contributed by atoms with Crippen LogP contribution in [0.1, 0.15) is 5.69 Å². The molecule has 2 heterocycles. The molecule has 3 N–H and O–H groups in total. The highest BCUT2D eigenvalue weighted by Crippen LogP contribution is 2.10. The van der Waals surface area contributed by atoms with Crippen LogP contribution in [0.15, 0.2) is 11.1 Å². The van der Waals surface area contributed by atoms with E-state index in [9.17, 15) is 8.42 Å². The summed E-state index contributed by atoms with van der Waals surface area (Å²) in [5.74, 6) is 0. The van der Waals surface area contributed by atoms with Gasteiger partial charge in [0, 0.05) is 19.2 Å². The molecule has 0 aliphatic carbocycles. The molecule has 0 bridgehead atoms. The molecule has 0 radical (unpaired) electrons. The van der Waals surface area contributed by atoms with E-state index in [4.69, 9.17) is 5.14 Å². The maximum Gasteiger partial charge on any atom is 0.257 e. The number of rotatable bonds is 1. The molecule has 1 aliphatic rings. The summed E-state index contributed by atoms with van der Waals surface area (Å²) in [7, 11) is -3.66. The predicted molar refractivity (Wildman–Crippen MR) is 45.3 cm³/mol. The number of fused-ring (bicyclic) bond motifs is 1. The van der Waals surface area contributed by atoms with Gasteiger partial charge in [-0.1, -0.05) is 0 Å². The van der Waals surface area contributed by atoms with Crippen molar-refractivity contribution in [1.29, 1.82) is 0 Å². The van der Waals surface area contributed by atoms with Crippen LogP contribution in [0.2, 0.25) is 0 Å². The standard InChI is InChI=1S/C6H10N4O2S/c7-13(11,12)6-3-5-4-8-1-2-10(5)9-6/h3,8H,1-2,4H2,(H2,7,11,12). The van der Waals surface area contributed by atoms with Crippen LogP contribution in [-0.4, -0.2) is 24.7 Å². The highest BCUT2D eigenvalue weighted by molar-refractivity contribution is 7.89. The molecule has 1 aliphatic heterocycles. The van der Waals surface area contributed by atoms with Crippen molar-refractivity contribution in [3.05, 3.63) is 11.8 Å². The Bertz CT molecular complexity index is 398. The lowest BCUT2D eigenvalue weighted by atomic mass is 10.3. The SMILES string of the molecule is NS(=O)(=O)c1cc2n(n1)CCNC2. The van der Waals surface area contributed by atoms with Gasteiger partial charge in [-0.25, -0.2) is 13.6 Å². The van der Waals surface area contributed by atoms with E-state index in [2.05, 4.69) is 10.4 Å². The first kappa shape index (κ1) is 8.67. The Labute approximate surface area is 75.8 Å². The maximum atomic E-state index is 10.9. The number of nitrogens with two attached hydrogens (primary N) is 1. The lowest BCUT2D eigenvalue weighted by Gasteiger charge is -2.13. The normalized spacial score (nSPS) is 17.0. The number of aromatic nitrogens is 2. The van der Waals surface area contributed by atoms with Gasteiger partial charge in [0.1, 0.15) is 0 Å². The van der Waals surface area contributed by atoms with Crippen LogP contribution in [0.3, 0.4) is 0 Å². The van der Waals surface area contributed by atoms with E-state index in [1.54, 1.807) is 4.68 Å². The van der Waals surface area contributed by atoms with Gasteiger partial charge < -0.3 is 5.32 Å². The third-order valence-electron chi connectivity index (χ3n) is 1.94. The van der Waals surface area contributed by atoms with Crippen LogP contribution < -0.4 is 10.5 Å². The Balaban J connectivity index is 2.47. The number of hydrogen-bond donors (Lipinski definition) is 2. The van der Waals surface area contributed by atoms with E-state index < -0.39 is 10.0 Å². The first-order valence-electron chi connectivity index (χ1n) is 3.87. The van der Waals surface area contributed by atoms with Gasteiger partial charge in [-0.2, -0.15) is 5.10 Å². The predicted octanol–water partition coefficient (Wildman–Crippen LogP) is -1.37. The number of sulfonamides is 1. The van der Waals surface area contributed by atoms with E-state index >= 15 is 0 Å². The monoisotopic (exact) mass is 202 g/mol. The third kappa shape index (κ3) is 1.58. The lowest BCUT2D eigenvalue weighted by Crippen LogP contribution is -2.28. The van der Waals surface area contributed by atoms with E-state index in [-0.39, 0.29) is 5.03 Å². The van der Waals surface area contributed by atoms with Crippen molar-refractivity contribution in [2.75, 3.05) is 6.54 Å². The van der Waals surface area contributed by atoms with E-state index in [1.165, 1.54) is 6.07 Å². The van der Waals surface area contributed by atoms with Gasteiger partial charge in [-0.15, -0.1) is 0 Å². The summed E-state index contributed by atoms with van der Waals surface area (Å²) >= 11 is 0. The zero-order valence-corrected chi connectivity index (χ0v) is 7.71. The minimum absolute atomic E-state index is 0.0498. The molecule has 0 saturated heterocycles. The summed E-state index contributed by atoms with van der Waals surface area (Å²) in [5.41, 5.74) is 0.857. The maximum absolute atomic E-state index is 10.9. The summed E-state index contributed by atoms with van der Waals surface area (Å²) in [6, 6.07) is 1.50. The van der Waals surface area contributed by atoms with E-state index in [0.717, 1.165) is 12.2 Å². The number of nitrogens with zero attached hydrogens (tertiary/aromatic N) is 2. The van der Waals surface area contributed by atoms with Crippen LogP contribution in [-0.2, 0) is 23.1 Å². The first-order chi connectivity index (χ1) is 6.07. The van der Waals surface area contributed by atoms with Crippen molar-refractivity contribution in [3.8, 4) is 0 Å². The molecule has 0 saturated carbocycles. The molecule has 6 nitrogen and oxygen atoms in total. The second kappa shape index (κ2) is 2.79. The van der Waals surface area contributed by atoms with Crippen molar-refractivity contribution in [3.63, 3.8) is 0 Å². The van der Waals surface area contributed by atoms with Gasteiger partial charge in [0.05, 0.1) is 12.2 Å². The van der Waals surface area contributed by atoms with Crippen LogP contribution in [0.4, 0.5) is 0 Å². The molecule has 0 spiro atoms. The minimum atomic E-state index is -3.66. The molecule has 0 atom stereocenters. The summed E-state index contributed by atoms with van der Waals surface area (Å²) < 4.78 is 23.5. The fourth-order valence-electron chi connectivity index (χ4n) is 1.31. The number of primary sulfonamides is 1. The molecule has 0 amide bonds. The number of nitrogens with one attached hydrogen (secondary N) is 1. The van der Waals surface area contributed by atoms with Gasteiger partial charge in [-0.3, -0.25) is 4.68 Å². The lowest BCUT2D eigenvalue weighted by molar-refractivity contribution is 0.469. The molecule has 1 aromatic heterocycles. The second-order valence-corrected chi connectivity index (χ2v) is 4.43. The minimum Gasteiger partial charge on any atom is -0.309 e. The molecule has 13 heavy (non-hydrogen) atoms. The first-order valence-corrected chi connectivity index (χ1v) is 5.42. The smallest absolute Gasteiger partial charge is 0.257 e. The second-order valence-electron chi connectivity index (χ2n) is 2.92. The molecule has 1 aromatic rings. The Kier molecular flexibility index (Phi) is 1.86. The highest BCUT2D eigenvalue weighted by Gasteiger charge is 2.17. The molecular weight excluding hydrogens is 192 g/mol. The number of hydrogen-bond acceptors (Lipinski definition) is 4. The largest absolute Gasteiger partial charge is 0.309 e. The molecular formula is C6H10N4O2S. The molecule has 72 valence electrons. The van der Waals surface area contributed by atoms with Gasteiger partial charge in [0.25, 0.3) is 10.0 Å².